The first kappa shape index (κ1) is 22.7. The second-order valence-electron chi connectivity index (χ2n) is 9.59. The van der Waals surface area contributed by atoms with E-state index >= 15 is 0 Å². The van der Waals surface area contributed by atoms with E-state index < -0.39 is 0 Å². The van der Waals surface area contributed by atoms with Gasteiger partial charge in [-0.3, -0.25) is 9.69 Å². The predicted octanol–water partition coefficient (Wildman–Crippen LogP) is 3.82. The number of aryl methyl sites for hydroxylation is 1. The van der Waals surface area contributed by atoms with Gasteiger partial charge >= 0.3 is 0 Å². The molecule has 0 aliphatic carbocycles. The number of benzene rings is 2. The van der Waals surface area contributed by atoms with Crippen LogP contribution in [0, 0.1) is 0 Å². The minimum atomic E-state index is 0.0181. The molecule has 8 nitrogen and oxygen atoms in total. The monoisotopic (exact) mass is 481 g/mol. The Morgan fingerprint density at radius 2 is 1.56 bits per heavy atom. The second kappa shape index (κ2) is 10.1. The number of carbonyl (C=O) groups excluding carboxylic acids is 1. The highest BCUT2D eigenvalue weighted by molar-refractivity contribution is 5.94. The first-order valence-electron chi connectivity index (χ1n) is 12.9. The molecule has 6 rings (SSSR count). The molecule has 1 saturated heterocycles. The molecule has 2 aliphatic heterocycles. The van der Waals surface area contributed by atoms with Gasteiger partial charge in [0.15, 0.2) is 0 Å². The summed E-state index contributed by atoms with van der Waals surface area (Å²) in [6.07, 6.45) is 4.68. The van der Waals surface area contributed by atoms with Crippen molar-refractivity contribution in [2.75, 3.05) is 26.2 Å². The van der Waals surface area contributed by atoms with Crippen molar-refractivity contribution < 1.29 is 4.79 Å². The molecule has 2 aliphatic rings. The van der Waals surface area contributed by atoms with E-state index in [-0.39, 0.29) is 5.91 Å². The van der Waals surface area contributed by atoms with Gasteiger partial charge in [-0.25, -0.2) is 4.68 Å². The minimum absolute atomic E-state index is 0.0181. The number of para-hydroxylation sites is 1. The van der Waals surface area contributed by atoms with Crippen LogP contribution in [0.1, 0.15) is 41.4 Å². The van der Waals surface area contributed by atoms with Crippen LogP contribution >= 0.6 is 0 Å². The molecule has 8 heteroatoms. The number of nitrogens with zero attached hydrogens (tertiary/aromatic N) is 7. The summed E-state index contributed by atoms with van der Waals surface area (Å²) in [5.74, 6) is 2.20. The molecular weight excluding hydrogens is 450 g/mol. The Morgan fingerprint density at radius 1 is 0.806 bits per heavy atom. The number of aromatic nitrogens is 5. The van der Waals surface area contributed by atoms with E-state index in [0.717, 1.165) is 61.2 Å². The minimum Gasteiger partial charge on any atom is -0.335 e. The number of hydrogen-bond donors (Lipinski definition) is 0. The molecule has 1 fully saturated rings. The molecule has 2 aromatic heterocycles. The summed E-state index contributed by atoms with van der Waals surface area (Å²) in [7, 11) is 0. The third-order valence-corrected chi connectivity index (χ3v) is 7.21. The topological polar surface area (TPSA) is 72.1 Å². The normalized spacial score (nSPS) is 16.5. The van der Waals surface area contributed by atoms with E-state index in [1.807, 2.05) is 71.6 Å². The Morgan fingerprint density at radius 3 is 2.33 bits per heavy atom. The van der Waals surface area contributed by atoms with Crippen molar-refractivity contribution in [3.05, 3.63) is 84.1 Å². The van der Waals surface area contributed by atoms with Crippen LogP contribution in [-0.2, 0) is 19.5 Å². The fourth-order valence-corrected chi connectivity index (χ4v) is 5.18. The van der Waals surface area contributed by atoms with Crippen molar-refractivity contribution in [2.24, 2.45) is 0 Å². The SMILES string of the molecule is O=C(c1cc(-c2ccccc2)nn1-c1ccccc1)N1CCN(Cc2nnc3n2CCCCC3)CC1. The van der Waals surface area contributed by atoms with Crippen LogP contribution in [-0.4, -0.2) is 66.4 Å². The summed E-state index contributed by atoms with van der Waals surface area (Å²) in [5, 5.41) is 13.8. The molecule has 0 atom stereocenters. The van der Waals surface area contributed by atoms with E-state index in [1.165, 1.54) is 19.3 Å². The first-order valence-corrected chi connectivity index (χ1v) is 12.9. The third-order valence-electron chi connectivity index (χ3n) is 7.21. The summed E-state index contributed by atoms with van der Waals surface area (Å²) in [6.45, 7) is 4.80. The molecule has 184 valence electrons. The molecule has 0 bridgehead atoms. The van der Waals surface area contributed by atoms with E-state index in [2.05, 4.69) is 19.7 Å². The van der Waals surface area contributed by atoms with Gasteiger partial charge in [-0.15, -0.1) is 10.2 Å². The maximum absolute atomic E-state index is 13.7. The van der Waals surface area contributed by atoms with Gasteiger partial charge in [0, 0.05) is 44.7 Å². The van der Waals surface area contributed by atoms with Crippen molar-refractivity contribution in [1.82, 2.24) is 34.3 Å². The van der Waals surface area contributed by atoms with Gasteiger partial charge in [-0.2, -0.15) is 5.10 Å². The van der Waals surface area contributed by atoms with Crippen LogP contribution < -0.4 is 0 Å². The zero-order chi connectivity index (χ0) is 24.3. The molecule has 0 spiro atoms. The zero-order valence-electron chi connectivity index (χ0n) is 20.5. The van der Waals surface area contributed by atoms with E-state index in [9.17, 15) is 4.79 Å². The van der Waals surface area contributed by atoms with Crippen molar-refractivity contribution in [3.63, 3.8) is 0 Å². The fourth-order valence-electron chi connectivity index (χ4n) is 5.18. The summed E-state index contributed by atoms with van der Waals surface area (Å²) in [4.78, 5) is 18.0. The summed E-state index contributed by atoms with van der Waals surface area (Å²) < 4.78 is 4.09. The van der Waals surface area contributed by atoms with Crippen LogP contribution in [0.4, 0.5) is 0 Å². The highest BCUT2D eigenvalue weighted by Crippen LogP contribution is 2.23. The average Bonchev–Trinajstić information content (AvgIpc) is 3.47. The lowest BCUT2D eigenvalue weighted by molar-refractivity contribution is 0.0615. The van der Waals surface area contributed by atoms with Crippen LogP contribution in [0.5, 0.6) is 0 Å². The van der Waals surface area contributed by atoms with Gasteiger partial charge in [0.1, 0.15) is 17.3 Å². The Kier molecular flexibility index (Phi) is 6.34. The number of hydrogen-bond acceptors (Lipinski definition) is 5. The van der Waals surface area contributed by atoms with Crippen molar-refractivity contribution in [2.45, 2.75) is 38.8 Å². The molecule has 0 unspecified atom stereocenters. The van der Waals surface area contributed by atoms with Crippen LogP contribution in [0.25, 0.3) is 16.9 Å². The summed E-state index contributed by atoms with van der Waals surface area (Å²) in [6, 6.07) is 21.8. The Labute approximate surface area is 211 Å². The first-order chi connectivity index (χ1) is 17.8. The van der Waals surface area contributed by atoms with Gasteiger partial charge in [-0.05, 0) is 31.0 Å². The lowest BCUT2D eigenvalue weighted by Gasteiger charge is -2.34. The van der Waals surface area contributed by atoms with E-state index in [0.29, 0.717) is 18.8 Å². The largest absolute Gasteiger partial charge is 0.335 e. The lowest BCUT2D eigenvalue weighted by atomic mass is 10.1. The Bertz CT molecular complexity index is 1320. The van der Waals surface area contributed by atoms with Gasteiger partial charge < -0.3 is 9.47 Å². The highest BCUT2D eigenvalue weighted by Gasteiger charge is 2.27. The second-order valence-corrected chi connectivity index (χ2v) is 9.59. The molecule has 0 saturated carbocycles. The van der Waals surface area contributed by atoms with Crippen LogP contribution in [0.15, 0.2) is 66.7 Å². The number of fused-ring (bicyclic) bond motifs is 1. The molecule has 2 aromatic carbocycles. The number of amides is 1. The van der Waals surface area contributed by atoms with E-state index in [1.54, 1.807) is 4.68 Å². The van der Waals surface area contributed by atoms with Gasteiger partial charge in [0.05, 0.1) is 17.9 Å². The summed E-state index contributed by atoms with van der Waals surface area (Å²) in [5.41, 5.74) is 3.28. The maximum atomic E-state index is 13.7. The van der Waals surface area contributed by atoms with Crippen molar-refractivity contribution >= 4 is 5.91 Å². The molecular formula is C28H31N7O. The number of piperazine rings is 1. The molecule has 0 N–H and O–H groups in total. The lowest BCUT2D eigenvalue weighted by Crippen LogP contribution is -2.48. The van der Waals surface area contributed by atoms with Crippen molar-refractivity contribution in [1.29, 1.82) is 0 Å². The molecule has 1 amide bonds. The molecule has 0 radical (unpaired) electrons. The van der Waals surface area contributed by atoms with Gasteiger partial charge in [0.25, 0.3) is 5.91 Å². The predicted molar refractivity (Wildman–Crippen MR) is 138 cm³/mol. The van der Waals surface area contributed by atoms with Crippen molar-refractivity contribution in [3.8, 4) is 16.9 Å². The Balaban J connectivity index is 1.18. The highest BCUT2D eigenvalue weighted by atomic mass is 16.2. The summed E-state index contributed by atoms with van der Waals surface area (Å²) >= 11 is 0. The van der Waals surface area contributed by atoms with E-state index in [4.69, 9.17) is 5.10 Å². The standard InChI is InChI=1S/C28H31N7O/c36-28(25-20-24(22-10-4-1-5-11-22)31-35(25)23-12-6-2-7-13-23)33-18-16-32(17-19-33)21-27-30-29-26-14-8-3-9-15-34(26)27/h1-2,4-7,10-13,20H,3,8-9,14-19,21H2. The van der Waals surface area contributed by atoms with Gasteiger partial charge in [0.2, 0.25) is 0 Å². The average molecular weight is 482 g/mol. The zero-order valence-corrected chi connectivity index (χ0v) is 20.5. The number of rotatable bonds is 5. The van der Waals surface area contributed by atoms with Crippen LogP contribution in [0.2, 0.25) is 0 Å². The van der Waals surface area contributed by atoms with Crippen LogP contribution in [0.3, 0.4) is 0 Å². The Hall–Kier alpha value is -3.78. The quantitative estimate of drug-likeness (QED) is 0.433. The smallest absolute Gasteiger partial charge is 0.272 e. The maximum Gasteiger partial charge on any atom is 0.272 e. The number of carbonyl (C=O) groups is 1. The fraction of sp³-hybridized carbons (Fsp3) is 0.357. The third kappa shape index (κ3) is 4.56. The molecule has 36 heavy (non-hydrogen) atoms. The van der Waals surface area contributed by atoms with Gasteiger partial charge in [-0.1, -0.05) is 55.0 Å². The molecule has 4 heterocycles. The molecule has 4 aromatic rings.